The van der Waals surface area contributed by atoms with Crippen LogP contribution in [0.3, 0.4) is 0 Å². The van der Waals surface area contributed by atoms with Gasteiger partial charge in [-0.15, -0.1) is 0 Å². The molecule has 2 N–H and O–H groups in total. The highest BCUT2D eigenvalue weighted by molar-refractivity contribution is 6.00. The van der Waals surface area contributed by atoms with E-state index in [2.05, 4.69) is 9.88 Å². The Labute approximate surface area is 177 Å². The minimum Gasteiger partial charge on any atom is -0.467 e. The quantitative estimate of drug-likeness (QED) is 0.563. The number of quaternary nitrogens is 1. The van der Waals surface area contributed by atoms with Crippen molar-refractivity contribution < 1.29 is 18.9 Å². The maximum Gasteiger partial charge on any atom is 0.251 e. The smallest absolute Gasteiger partial charge is 0.251 e. The van der Waals surface area contributed by atoms with Crippen LogP contribution in [-0.2, 0) is 13.1 Å². The molecule has 0 saturated heterocycles. The van der Waals surface area contributed by atoms with Crippen LogP contribution in [0.1, 0.15) is 50.4 Å². The standard InChI is InChI=1S/C24H29N3O3/c1-16-13-22(17(2)27(16)15-21-7-6-12-30-21)23(28)18(3)26(5)14-19-8-10-20(11-9-19)24(29)25-4/h6-13,18H,14-15H2,1-5H3,(H,25,29)/p+1/t18-/m0/s1. The molecule has 3 rings (SSSR count). The van der Waals surface area contributed by atoms with Gasteiger partial charge in [-0.05, 0) is 51.1 Å². The topological polar surface area (TPSA) is 68.7 Å². The molecule has 1 amide bonds. The van der Waals surface area contributed by atoms with Crippen LogP contribution < -0.4 is 10.2 Å². The Kier molecular flexibility index (Phi) is 6.57. The number of aryl methyl sites for hydroxylation is 1. The molecule has 0 aliphatic heterocycles. The fraction of sp³-hybridized carbons (Fsp3) is 0.333. The summed E-state index contributed by atoms with van der Waals surface area (Å²) in [5.41, 5.74) is 4.49. The van der Waals surface area contributed by atoms with Crippen LogP contribution in [0, 0.1) is 13.8 Å². The number of rotatable bonds is 8. The molecule has 1 unspecified atom stereocenters. The zero-order valence-corrected chi connectivity index (χ0v) is 18.3. The highest BCUT2D eigenvalue weighted by Gasteiger charge is 2.27. The van der Waals surface area contributed by atoms with Crippen LogP contribution in [0.4, 0.5) is 0 Å². The van der Waals surface area contributed by atoms with Gasteiger partial charge in [0.15, 0.2) is 0 Å². The van der Waals surface area contributed by atoms with Gasteiger partial charge < -0.3 is 19.2 Å². The van der Waals surface area contributed by atoms with E-state index in [1.807, 2.05) is 70.3 Å². The summed E-state index contributed by atoms with van der Waals surface area (Å²) in [6.07, 6.45) is 1.66. The molecule has 0 saturated carbocycles. The number of amides is 1. The summed E-state index contributed by atoms with van der Waals surface area (Å²) < 4.78 is 7.58. The number of ketones is 1. The number of aromatic nitrogens is 1. The average molecular weight is 409 g/mol. The maximum atomic E-state index is 13.2. The molecular weight excluding hydrogens is 378 g/mol. The number of carbonyl (C=O) groups is 2. The lowest BCUT2D eigenvalue weighted by molar-refractivity contribution is -0.907. The lowest BCUT2D eigenvalue weighted by Gasteiger charge is -2.21. The molecule has 0 bridgehead atoms. The molecular formula is C24H30N3O3+. The van der Waals surface area contributed by atoms with Crippen LogP contribution in [0.5, 0.6) is 0 Å². The lowest BCUT2D eigenvalue weighted by Crippen LogP contribution is -3.12. The van der Waals surface area contributed by atoms with Gasteiger partial charge in [0, 0.05) is 35.1 Å². The van der Waals surface area contributed by atoms with Gasteiger partial charge in [0.25, 0.3) is 5.91 Å². The molecule has 30 heavy (non-hydrogen) atoms. The predicted octanol–water partition coefficient (Wildman–Crippen LogP) is 2.39. The average Bonchev–Trinajstić information content (AvgIpc) is 3.36. The van der Waals surface area contributed by atoms with Gasteiger partial charge in [-0.2, -0.15) is 0 Å². The second kappa shape index (κ2) is 9.13. The van der Waals surface area contributed by atoms with Gasteiger partial charge in [-0.3, -0.25) is 9.59 Å². The first-order valence-corrected chi connectivity index (χ1v) is 10.2. The van der Waals surface area contributed by atoms with Crippen molar-refractivity contribution in [1.82, 2.24) is 9.88 Å². The van der Waals surface area contributed by atoms with E-state index >= 15 is 0 Å². The van der Waals surface area contributed by atoms with E-state index < -0.39 is 0 Å². The summed E-state index contributed by atoms with van der Waals surface area (Å²) in [4.78, 5) is 26.0. The zero-order chi connectivity index (χ0) is 21.8. The van der Waals surface area contributed by atoms with Crippen molar-refractivity contribution in [2.45, 2.75) is 39.9 Å². The Morgan fingerprint density at radius 2 is 1.87 bits per heavy atom. The molecule has 158 valence electrons. The Morgan fingerprint density at radius 3 is 2.47 bits per heavy atom. The molecule has 2 heterocycles. The number of nitrogens with one attached hydrogen (secondary N) is 2. The molecule has 3 aromatic rings. The Balaban J connectivity index is 1.71. The number of benzene rings is 1. The fourth-order valence-corrected chi connectivity index (χ4v) is 3.70. The monoisotopic (exact) mass is 408 g/mol. The van der Waals surface area contributed by atoms with Crippen LogP contribution in [0.25, 0.3) is 0 Å². The minimum atomic E-state index is -0.193. The van der Waals surface area contributed by atoms with Gasteiger partial charge in [0.2, 0.25) is 5.78 Å². The van der Waals surface area contributed by atoms with Gasteiger partial charge in [-0.25, -0.2) is 0 Å². The number of hydrogen-bond donors (Lipinski definition) is 2. The first-order valence-electron chi connectivity index (χ1n) is 10.2. The number of furan rings is 1. The Morgan fingerprint density at radius 1 is 1.17 bits per heavy atom. The van der Waals surface area contributed by atoms with Crippen molar-refractivity contribution in [2.24, 2.45) is 0 Å². The normalized spacial score (nSPS) is 13.1. The van der Waals surface area contributed by atoms with Crippen LogP contribution >= 0.6 is 0 Å². The zero-order valence-electron chi connectivity index (χ0n) is 18.3. The summed E-state index contributed by atoms with van der Waals surface area (Å²) in [5.74, 6) is 0.899. The van der Waals surface area contributed by atoms with Crippen LogP contribution in [-0.4, -0.2) is 36.4 Å². The maximum absolute atomic E-state index is 13.2. The summed E-state index contributed by atoms with van der Waals surface area (Å²) in [7, 11) is 3.64. The third-order valence-corrected chi connectivity index (χ3v) is 5.79. The van der Waals surface area contributed by atoms with Crippen LogP contribution in [0.15, 0.2) is 53.1 Å². The number of nitrogens with zero attached hydrogens (tertiary/aromatic N) is 1. The number of Topliss-reactive ketones (excluding diaryl/α,β-unsaturated/α-hetero) is 1. The van der Waals surface area contributed by atoms with Crippen molar-refractivity contribution in [3.63, 3.8) is 0 Å². The molecule has 0 aliphatic rings. The third kappa shape index (κ3) is 4.54. The van der Waals surface area contributed by atoms with Crippen LogP contribution in [0.2, 0.25) is 0 Å². The van der Waals surface area contributed by atoms with E-state index in [9.17, 15) is 9.59 Å². The second-order valence-corrected chi connectivity index (χ2v) is 7.84. The molecule has 2 atom stereocenters. The van der Waals surface area contributed by atoms with E-state index in [4.69, 9.17) is 4.42 Å². The number of carbonyl (C=O) groups excluding carboxylic acids is 2. The largest absolute Gasteiger partial charge is 0.467 e. The van der Waals surface area contributed by atoms with Gasteiger partial charge >= 0.3 is 0 Å². The Hall–Kier alpha value is -3.12. The highest BCUT2D eigenvalue weighted by atomic mass is 16.3. The van der Waals surface area contributed by atoms with Crippen molar-refractivity contribution >= 4 is 11.7 Å². The van der Waals surface area contributed by atoms with E-state index in [1.54, 1.807) is 13.3 Å². The number of hydrogen-bond acceptors (Lipinski definition) is 3. The molecule has 0 radical (unpaired) electrons. The van der Waals surface area contributed by atoms with Crippen molar-refractivity contribution in [3.05, 3.63) is 82.6 Å². The van der Waals surface area contributed by atoms with Crippen molar-refractivity contribution in [2.75, 3.05) is 14.1 Å². The molecule has 6 heteroatoms. The molecule has 0 aliphatic carbocycles. The summed E-state index contributed by atoms with van der Waals surface area (Å²) in [6.45, 7) is 7.29. The lowest BCUT2D eigenvalue weighted by atomic mass is 10.0. The first kappa shape index (κ1) is 21.6. The molecule has 0 fully saturated rings. The van der Waals surface area contributed by atoms with E-state index in [0.717, 1.165) is 33.2 Å². The SMILES string of the molecule is CNC(=O)c1ccc(C[NH+](C)[C@@H](C)C(=O)c2cc(C)n(Cc3ccco3)c2C)cc1. The van der Waals surface area contributed by atoms with E-state index in [1.165, 1.54) is 0 Å². The molecule has 2 aromatic heterocycles. The molecule has 0 spiro atoms. The van der Waals surface area contributed by atoms with Gasteiger partial charge in [0.05, 0.1) is 19.9 Å². The van der Waals surface area contributed by atoms with Crippen molar-refractivity contribution in [1.29, 1.82) is 0 Å². The van der Waals surface area contributed by atoms with E-state index in [0.29, 0.717) is 18.7 Å². The van der Waals surface area contributed by atoms with E-state index in [-0.39, 0.29) is 17.7 Å². The first-order chi connectivity index (χ1) is 14.3. The second-order valence-electron chi connectivity index (χ2n) is 7.84. The fourth-order valence-electron chi connectivity index (χ4n) is 3.70. The highest BCUT2D eigenvalue weighted by Crippen LogP contribution is 2.18. The molecule has 6 nitrogen and oxygen atoms in total. The predicted molar refractivity (Wildman–Crippen MR) is 116 cm³/mol. The van der Waals surface area contributed by atoms with Crippen molar-refractivity contribution in [3.8, 4) is 0 Å². The van der Waals surface area contributed by atoms with Gasteiger partial charge in [0.1, 0.15) is 18.3 Å². The number of likely N-dealkylation sites (N-methyl/N-ethyl adjacent to an activating group) is 1. The minimum absolute atomic E-state index is 0.101. The Bertz CT molecular complexity index is 1020. The summed E-state index contributed by atoms with van der Waals surface area (Å²) in [6, 6.07) is 13.1. The summed E-state index contributed by atoms with van der Waals surface area (Å²) in [5, 5.41) is 2.62. The summed E-state index contributed by atoms with van der Waals surface area (Å²) >= 11 is 0. The molecule has 1 aromatic carbocycles. The third-order valence-electron chi connectivity index (χ3n) is 5.79. The van der Waals surface area contributed by atoms with Gasteiger partial charge in [-0.1, -0.05) is 12.1 Å².